The number of likely N-dealkylation sites (tertiary alicyclic amines) is 1. The van der Waals surface area contributed by atoms with Crippen molar-refractivity contribution in [2.24, 2.45) is 17.6 Å². The average Bonchev–Trinajstić information content (AvgIpc) is 3.11. The van der Waals surface area contributed by atoms with E-state index in [0.29, 0.717) is 43.0 Å². The molecule has 1 saturated heterocycles. The third-order valence-corrected chi connectivity index (χ3v) is 4.94. The van der Waals surface area contributed by atoms with Crippen LogP contribution in [-0.2, 0) is 0 Å². The minimum Gasteiger partial charge on any atom is -0.493 e. The second kappa shape index (κ2) is 9.77. The number of hydrogen-bond acceptors (Lipinski definition) is 3. The van der Waals surface area contributed by atoms with E-state index in [1.54, 1.807) is 0 Å². The van der Waals surface area contributed by atoms with Gasteiger partial charge in [0, 0.05) is 24.6 Å². The summed E-state index contributed by atoms with van der Waals surface area (Å²) in [5.41, 5.74) is 7.95. The van der Waals surface area contributed by atoms with E-state index >= 15 is 0 Å². The summed E-state index contributed by atoms with van der Waals surface area (Å²) in [5.74, 6) is 1.95. The highest BCUT2D eigenvalue weighted by Crippen LogP contribution is 2.32. The van der Waals surface area contributed by atoms with Gasteiger partial charge in [-0.05, 0) is 48.2 Å². The molecule has 0 spiro atoms. The van der Waals surface area contributed by atoms with Gasteiger partial charge in [-0.3, -0.25) is 4.79 Å². The predicted molar refractivity (Wildman–Crippen MR) is 112 cm³/mol. The van der Waals surface area contributed by atoms with E-state index in [2.05, 4.69) is 26.0 Å². The molecule has 1 amide bonds. The molecule has 2 N–H and O–H groups in total. The molecule has 146 valence electrons. The Kier molecular flexibility index (Phi) is 7.69. The van der Waals surface area contributed by atoms with Gasteiger partial charge >= 0.3 is 0 Å². The van der Waals surface area contributed by atoms with Gasteiger partial charge in [0.1, 0.15) is 5.75 Å². The molecule has 1 fully saturated rings. The van der Waals surface area contributed by atoms with Crippen molar-refractivity contribution in [2.75, 3.05) is 26.2 Å². The molecule has 2 aromatic carbocycles. The lowest BCUT2D eigenvalue weighted by Gasteiger charge is -2.17. The second-order valence-corrected chi connectivity index (χ2v) is 7.45. The lowest BCUT2D eigenvalue weighted by Crippen LogP contribution is -2.29. The third-order valence-electron chi connectivity index (χ3n) is 4.94. The minimum atomic E-state index is 0. The van der Waals surface area contributed by atoms with Crippen molar-refractivity contribution in [3.8, 4) is 5.75 Å². The number of carbonyl (C=O) groups is 1. The van der Waals surface area contributed by atoms with Crippen LogP contribution < -0.4 is 10.5 Å². The van der Waals surface area contributed by atoms with Crippen LogP contribution in [0.3, 0.4) is 0 Å². The Balaban J connectivity index is 0.00000261. The van der Waals surface area contributed by atoms with Crippen molar-refractivity contribution < 1.29 is 9.53 Å². The van der Waals surface area contributed by atoms with Gasteiger partial charge in [0.15, 0.2) is 0 Å². The number of hydrogen-bond donors (Lipinski definition) is 1. The Bertz CT molecular complexity index is 719. The molecule has 0 aromatic heterocycles. The number of nitrogens with two attached hydrogens (primary N) is 1. The maximum Gasteiger partial charge on any atom is 0.253 e. The summed E-state index contributed by atoms with van der Waals surface area (Å²) in [5, 5.41) is 0. The zero-order chi connectivity index (χ0) is 18.5. The molecule has 2 aromatic rings. The van der Waals surface area contributed by atoms with Gasteiger partial charge in [-0.15, -0.1) is 12.4 Å². The normalized spacial score (nSPS) is 19.0. The molecule has 0 bridgehead atoms. The van der Waals surface area contributed by atoms with E-state index in [9.17, 15) is 4.79 Å². The summed E-state index contributed by atoms with van der Waals surface area (Å²) >= 11 is 0. The van der Waals surface area contributed by atoms with Crippen molar-refractivity contribution in [3.05, 3.63) is 65.7 Å². The van der Waals surface area contributed by atoms with E-state index < -0.39 is 0 Å². The fourth-order valence-corrected chi connectivity index (χ4v) is 3.49. The van der Waals surface area contributed by atoms with Crippen LogP contribution in [0.4, 0.5) is 0 Å². The Morgan fingerprint density at radius 2 is 1.78 bits per heavy atom. The van der Waals surface area contributed by atoms with E-state index in [-0.39, 0.29) is 18.3 Å². The molecule has 0 saturated carbocycles. The first-order valence-electron chi connectivity index (χ1n) is 9.35. The molecule has 5 heteroatoms. The molecule has 0 unspecified atom stereocenters. The van der Waals surface area contributed by atoms with Gasteiger partial charge in [0.2, 0.25) is 0 Å². The number of ether oxygens (including phenoxy) is 1. The van der Waals surface area contributed by atoms with E-state index in [1.807, 2.05) is 47.4 Å². The number of rotatable bonds is 6. The third kappa shape index (κ3) is 5.24. The number of amides is 1. The molecule has 2 atom stereocenters. The SMILES string of the molecule is CC(C)COc1ccc(C(=O)N2C[C@@H](CN)[C@H](c3ccccc3)C2)cc1.Cl. The number of nitrogens with zero attached hydrogens (tertiary/aromatic N) is 1. The molecular weight excluding hydrogens is 360 g/mol. The summed E-state index contributed by atoms with van der Waals surface area (Å²) in [6.07, 6.45) is 0. The first-order valence-corrected chi connectivity index (χ1v) is 9.35. The molecule has 4 nitrogen and oxygen atoms in total. The Morgan fingerprint density at radius 1 is 1.11 bits per heavy atom. The van der Waals surface area contributed by atoms with Crippen molar-refractivity contribution >= 4 is 18.3 Å². The van der Waals surface area contributed by atoms with Crippen LogP contribution in [0.1, 0.15) is 35.7 Å². The van der Waals surface area contributed by atoms with Crippen LogP contribution in [0.25, 0.3) is 0 Å². The fraction of sp³-hybridized carbons (Fsp3) is 0.409. The lowest BCUT2D eigenvalue weighted by molar-refractivity contribution is 0.0786. The summed E-state index contributed by atoms with van der Waals surface area (Å²) in [6.45, 7) is 6.92. The Labute approximate surface area is 168 Å². The highest BCUT2D eigenvalue weighted by atomic mass is 35.5. The summed E-state index contributed by atoms with van der Waals surface area (Å²) < 4.78 is 5.70. The topological polar surface area (TPSA) is 55.6 Å². The zero-order valence-corrected chi connectivity index (χ0v) is 16.8. The molecule has 0 aliphatic carbocycles. The van der Waals surface area contributed by atoms with E-state index in [1.165, 1.54) is 5.56 Å². The smallest absolute Gasteiger partial charge is 0.253 e. The number of carbonyl (C=O) groups excluding carboxylic acids is 1. The maximum atomic E-state index is 12.9. The predicted octanol–water partition coefficient (Wildman–Crippen LogP) is 3.96. The molecule has 1 heterocycles. The maximum absolute atomic E-state index is 12.9. The highest BCUT2D eigenvalue weighted by molar-refractivity contribution is 5.94. The molecule has 0 radical (unpaired) electrons. The first-order chi connectivity index (χ1) is 12.6. The van der Waals surface area contributed by atoms with Crippen LogP contribution in [-0.4, -0.2) is 37.0 Å². The highest BCUT2D eigenvalue weighted by Gasteiger charge is 2.35. The van der Waals surface area contributed by atoms with E-state index in [0.717, 1.165) is 12.3 Å². The van der Waals surface area contributed by atoms with Crippen molar-refractivity contribution in [3.63, 3.8) is 0 Å². The second-order valence-electron chi connectivity index (χ2n) is 7.45. The van der Waals surface area contributed by atoms with Crippen LogP contribution in [0, 0.1) is 11.8 Å². The molecule has 1 aliphatic rings. The van der Waals surface area contributed by atoms with Gasteiger partial charge in [-0.1, -0.05) is 44.2 Å². The van der Waals surface area contributed by atoms with Gasteiger partial charge in [-0.2, -0.15) is 0 Å². The molecule has 3 rings (SSSR count). The van der Waals surface area contributed by atoms with Gasteiger partial charge < -0.3 is 15.4 Å². The Morgan fingerprint density at radius 3 is 2.37 bits per heavy atom. The van der Waals surface area contributed by atoms with Crippen molar-refractivity contribution in [1.29, 1.82) is 0 Å². The number of halogens is 1. The standard InChI is InChI=1S/C22H28N2O2.ClH/c1-16(2)15-26-20-10-8-18(9-11-20)22(25)24-13-19(12-23)21(14-24)17-6-4-3-5-7-17;/h3-11,16,19,21H,12-15,23H2,1-2H3;1H/t19-,21+;/m1./s1. The average molecular weight is 389 g/mol. The van der Waals surface area contributed by atoms with Gasteiger partial charge in [-0.25, -0.2) is 0 Å². The lowest BCUT2D eigenvalue weighted by atomic mass is 9.89. The zero-order valence-electron chi connectivity index (χ0n) is 16.0. The quantitative estimate of drug-likeness (QED) is 0.814. The molecule has 27 heavy (non-hydrogen) atoms. The van der Waals surface area contributed by atoms with Crippen LogP contribution >= 0.6 is 12.4 Å². The van der Waals surface area contributed by atoms with Crippen LogP contribution in [0.2, 0.25) is 0 Å². The molecule has 1 aliphatic heterocycles. The number of benzene rings is 2. The van der Waals surface area contributed by atoms with Crippen LogP contribution in [0.5, 0.6) is 5.75 Å². The summed E-state index contributed by atoms with van der Waals surface area (Å²) in [4.78, 5) is 14.8. The largest absolute Gasteiger partial charge is 0.493 e. The van der Waals surface area contributed by atoms with Crippen molar-refractivity contribution in [1.82, 2.24) is 4.90 Å². The fourth-order valence-electron chi connectivity index (χ4n) is 3.49. The Hall–Kier alpha value is -2.04. The monoisotopic (exact) mass is 388 g/mol. The molecular formula is C22H29ClN2O2. The van der Waals surface area contributed by atoms with Crippen molar-refractivity contribution in [2.45, 2.75) is 19.8 Å². The van der Waals surface area contributed by atoms with Gasteiger partial charge in [0.25, 0.3) is 5.91 Å². The van der Waals surface area contributed by atoms with Gasteiger partial charge in [0.05, 0.1) is 6.61 Å². The van der Waals surface area contributed by atoms with E-state index in [4.69, 9.17) is 10.5 Å². The summed E-state index contributed by atoms with van der Waals surface area (Å²) in [7, 11) is 0. The summed E-state index contributed by atoms with van der Waals surface area (Å²) in [6, 6.07) is 17.8. The minimum absolute atomic E-state index is 0. The van der Waals surface area contributed by atoms with Crippen LogP contribution in [0.15, 0.2) is 54.6 Å². The first kappa shape index (κ1) is 21.3.